The van der Waals surface area contributed by atoms with Crippen LogP contribution in [0.4, 0.5) is 0 Å². The number of hydrogen-bond acceptors (Lipinski definition) is 1. The smallest absolute Gasteiger partial charge is 0.0685 e. The van der Waals surface area contributed by atoms with E-state index in [9.17, 15) is 0 Å². The zero-order chi connectivity index (χ0) is 24.5. The molecule has 0 saturated carbocycles. The summed E-state index contributed by atoms with van der Waals surface area (Å²) in [6, 6.07) is 0. The molecule has 1 heterocycles. The van der Waals surface area contributed by atoms with Gasteiger partial charge in [0, 0.05) is 11.1 Å². The Hall–Kier alpha value is -3.61. The lowest BCUT2D eigenvalue weighted by atomic mass is 9.92. The summed E-state index contributed by atoms with van der Waals surface area (Å²) in [7, 11) is 0. The molecular formula is C33H36N2. The minimum absolute atomic E-state index is 0.920. The van der Waals surface area contributed by atoms with Crippen LogP contribution in [0.2, 0.25) is 0 Å². The number of aromatic amines is 1. The second kappa shape index (κ2) is 12.2. The third-order valence-corrected chi connectivity index (χ3v) is 6.53. The predicted molar refractivity (Wildman–Crippen MR) is 151 cm³/mol. The van der Waals surface area contributed by atoms with E-state index >= 15 is 0 Å². The minimum Gasteiger partial charge on any atom is -0.278 e. The molecule has 1 N–H and O–H groups in total. The van der Waals surface area contributed by atoms with Crippen LogP contribution in [-0.2, 0) is 0 Å². The normalized spacial score (nSPS) is 22.7. The van der Waals surface area contributed by atoms with Gasteiger partial charge in [0.2, 0.25) is 0 Å². The molecular weight excluding hydrogens is 424 g/mol. The van der Waals surface area contributed by atoms with Gasteiger partial charge < -0.3 is 0 Å². The van der Waals surface area contributed by atoms with Gasteiger partial charge >= 0.3 is 0 Å². The number of nitrogens with one attached hydrogen (secondary N) is 1. The van der Waals surface area contributed by atoms with Gasteiger partial charge in [-0.3, -0.25) is 5.10 Å². The van der Waals surface area contributed by atoms with Crippen molar-refractivity contribution in [3.05, 3.63) is 131 Å². The summed E-state index contributed by atoms with van der Waals surface area (Å²) < 4.78 is 0. The standard InChI is InChI=1S/C33H36N2/c1-25(2)12-10-13-26(3)33-32(24-34-35-33)30-18-11-19-31-23-28(16-8-9-17-29(31)20-21-30)22-27-14-6-4-5-7-15-27/h9-14,16,18-21,23-24H,1,4-8,15,22H2,2-3H3,(H,34,35)/b12-10-,19-11+,21-20?,26-13+,28-16-,30-18?,31-23-. The molecule has 0 aliphatic heterocycles. The van der Waals surface area contributed by atoms with Crippen molar-refractivity contribution in [3.8, 4) is 0 Å². The van der Waals surface area contributed by atoms with Crippen LogP contribution in [0.5, 0.6) is 0 Å². The van der Waals surface area contributed by atoms with E-state index in [4.69, 9.17) is 0 Å². The summed E-state index contributed by atoms with van der Waals surface area (Å²) in [5.41, 5.74) is 14.3. The van der Waals surface area contributed by atoms with Gasteiger partial charge in [0.05, 0.1) is 11.9 Å². The van der Waals surface area contributed by atoms with Crippen molar-refractivity contribution in [3.63, 3.8) is 0 Å². The first-order chi connectivity index (χ1) is 17.1. The second-order valence-electron chi connectivity index (χ2n) is 9.54. The molecule has 0 spiro atoms. The maximum atomic E-state index is 4.34. The van der Waals surface area contributed by atoms with Crippen LogP contribution in [0.1, 0.15) is 70.1 Å². The number of aromatic nitrogens is 2. The third-order valence-electron chi connectivity index (χ3n) is 6.53. The number of allylic oxidation sites excluding steroid dienone is 18. The Balaban J connectivity index is 1.60. The SMILES string of the molecule is C=C(C)/C=C\C=C(/C)c1[nH]ncc1C1=C/C=C/C2=C/C(CC3=CCCCCC3)=C\CC=C=C2C=C1. The Morgan fingerprint density at radius 3 is 2.91 bits per heavy atom. The van der Waals surface area contributed by atoms with Crippen molar-refractivity contribution in [1.29, 1.82) is 0 Å². The number of fused-ring (bicyclic) bond motifs is 1. The average molecular weight is 461 g/mol. The number of hydrogen-bond donors (Lipinski definition) is 1. The van der Waals surface area contributed by atoms with E-state index in [1.54, 1.807) is 5.57 Å². The van der Waals surface area contributed by atoms with Crippen LogP contribution < -0.4 is 0 Å². The summed E-state index contributed by atoms with van der Waals surface area (Å²) in [6.45, 7) is 8.02. The highest BCUT2D eigenvalue weighted by atomic mass is 15.1. The summed E-state index contributed by atoms with van der Waals surface area (Å²) in [4.78, 5) is 0. The van der Waals surface area contributed by atoms with Crippen molar-refractivity contribution < 1.29 is 0 Å². The van der Waals surface area contributed by atoms with E-state index in [0.29, 0.717) is 0 Å². The van der Waals surface area contributed by atoms with E-state index in [2.05, 4.69) is 90.2 Å². The molecule has 2 nitrogen and oxygen atoms in total. The van der Waals surface area contributed by atoms with Gasteiger partial charge in [-0.15, -0.1) is 5.73 Å². The van der Waals surface area contributed by atoms with Crippen LogP contribution in [0.3, 0.4) is 0 Å². The number of H-pyrrole nitrogens is 1. The lowest BCUT2D eigenvalue weighted by Crippen LogP contribution is -1.93. The Morgan fingerprint density at radius 2 is 2.03 bits per heavy atom. The molecule has 0 atom stereocenters. The largest absolute Gasteiger partial charge is 0.278 e. The second-order valence-corrected chi connectivity index (χ2v) is 9.54. The van der Waals surface area contributed by atoms with Crippen molar-refractivity contribution in [2.75, 3.05) is 0 Å². The third kappa shape index (κ3) is 6.94. The van der Waals surface area contributed by atoms with Gasteiger partial charge in [0.1, 0.15) is 0 Å². The van der Waals surface area contributed by atoms with Gasteiger partial charge in [0.15, 0.2) is 0 Å². The molecule has 4 rings (SSSR count). The van der Waals surface area contributed by atoms with Crippen LogP contribution in [-0.4, -0.2) is 10.2 Å². The molecule has 0 fully saturated rings. The average Bonchev–Trinajstić information content (AvgIpc) is 3.16. The first-order valence-corrected chi connectivity index (χ1v) is 12.8. The Kier molecular flexibility index (Phi) is 8.54. The quantitative estimate of drug-likeness (QED) is 0.256. The van der Waals surface area contributed by atoms with Crippen molar-refractivity contribution in [1.82, 2.24) is 10.2 Å². The molecule has 0 bridgehead atoms. The Bertz CT molecular complexity index is 1270. The molecule has 178 valence electrons. The van der Waals surface area contributed by atoms with E-state index in [1.165, 1.54) is 43.3 Å². The molecule has 3 aliphatic rings. The molecule has 2 heteroatoms. The van der Waals surface area contributed by atoms with Crippen molar-refractivity contribution in [2.24, 2.45) is 0 Å². The summed E-state index contributed by atoms with van der Waals surface area (Å²) in [5, 5.41) is 7.51. The van der Waals surface area contributed by atoms with E-state index in [0.717, 1.165) is 46.4 Å². The molecule has 1 aromatic rings. The molecule has 0 radical (unpaired) electrons. The summed E-state index contributed by atoms with van der Waals surface area (Å²) in [5.74, 6) is 0. The fourth-order valence-corrected chi connectivity index (χ4v) is 4.62. The monoisotopic (exact) mass is 460 g/mol. The Morgan fingerprint density at radius 1 is 1.11 bits per heavy atom. The van der Waals surface area contributed by atoms with Crippen LogP contribution >= 0.6 is 0 Å². The van der Waals surface area contributed by atoms with Gasteiger partial charge in [-0.1, -0.05) is 84.9 Å². The van der Waals surface area contributed by atoms with Crippen LogP contribution in [0.25, 0.3) is 11.1 Å². The molecule has 0 amide bonds. The van der Waals surface area contributed by atoms with Crippen LogP contribution in [0, 0.1) is 0 Å². The Labute approximate surface area is 210 Å². The maximum Gasteiger partial charge on any atom is 0.0685 e. The maximum absolute atomic E-state index is 4.34. The van der Waals surface area contributed by atoms with E-state index in [-0.39, 0.29) is 0 Å². The highest BCUT2D eigenvalue weighted by Gasteiger charge is 2.12. The highest BCUT2D eigenvalue weighted by Crippen LogP contribution is 2.30. The molecule has 0 unspecified atom stereocenters. The molecule has 0 aromatic carbocycles. The van der Waals surface area contributed by atoms with Gasteiger partial charge in [-0.25, -0.2) is 0 Å². The zero-order valence-corrected chi connectivity index (χ0v) is 21.1. The first-order valence-electron chi connectivity index (χ1n) is 12.8. The molecule has 1 aromatic heterocycles. The van der Waals surface area contributed by atoms with Crippen LogP contribution in [0.15, 0.2) is 119 Å². The molecule has 35 heavy (non-hydrogen) atoms. The fraction of sp³-hybridized carbons (Fsp3) is 0.273. The van der Waals surface area contributed by atoms with Crippen molar-refractivity contribution >= 4 is 11.1 Å². The summed E-state index contributed by atoms with van der Waals surface area (Å²) >= 11 is 0. The first kappa shape index (κ1) is 24.5. The number of nitrogens with zero attached hydrogens (tertiary/aromatic N) is 1. The topological polar surface area (TPSA) is 28.7 Å². The molecule has 3 aliphatic carbocycles. The zero-order valence-electron chi connectivity index (χ0n) is 21.1. The molecule has 0 saturated heterocycles. The fourth-order valence-electron chi connectivity index (χ4n) is 4.62. The summed E-state index contributed by atoms with van der Waals surface area (Å²) in [6.07, 6.45) is 36.7. The van der Waals surface area contributed by atoms with Gasteiger partial charge in [-0.05, 0) is 86.8 Å². The number of rotatable bonds is 6. The van der Waals surface area contributed by atoms with Gasteiger partial charge in [0.25, 0.3) is 0 Å². The highest BCUT2D eigenvalue weighted by molar-refractivity contribution is 5.83. The van der Waals surface area contributed by atoms with E-state index in [1.807, 2.05) is 25.3 Å². The lowest BCUT2D eigenvalue weighted by molar-refractivity contribution is 0.707. The van der Waals surface area contributed by atoms with Gasteiger partial charge in [-0.2, -0.15) is 5.10 Å². The predicted octanol–water partition coefficient (Wildman–Crippen LogP) is 9.07. The van der Waals surface area contributed by atoms with E-state index < -0.39 is 0 Å². The minimum atomic E-state index is 0.920. The lowest BCUT2D eigenvalue weighted by Gasteiger charge is -2.12. The van der Waals surface area contributed by atoms with Crippen molar-refractivity contribution in [2.45, 2.75) is 58.8 Å².